The first-order chi connectivity index (χ1) is 8.20. The van der Waals surface area contributed by atoms with E-state index in [2.05, 4.69) is 21.4 Å². The minimum absolute atomic E-state index is 0.0853. The maximum atomic E-state index is 5.94. The molecule has 0 fully saturated rings. The van der Waals surface area contributed by atoms with Gasteiger partial charge in [-0.25, -0.2) is 5.43 Å². The van der Waals surface area contributed by atoms with Crippen LogP contribution in [-0.2, 0) is 6.42 Å². The van der Waals surface area contributed by atoms with Crippen LogP contribution in [0.2, 0.25) is 5.02 Å². The molecule has 0 saturated carbocycles. The van der Waals surface area contributed by atoms with E-state index in [0.29, 0.717) is 6.42 Å². The van der Waals surface area contributed by atoms with Gasteiger partial charge in [-0.1, -0.05) is 23.7 Å². The minimum Gasteiger partial charge on any atom is -0.466 e. The lowest BCUT2D eigenvalue weighted by Gasteiger charge is -2.14. The quantitative estimate of drug-likeness (QED) is 0.671. The van der Waals surface area contributed by atoms with Gasteiger partial charge in [-0.15, -0.1) is 0 Å². The maximum absolute atomic E-state index is 5.94. The van der Waals surface area contributed by atoms with Crippen LogP contribution in [0.5, 0.6) is 0 Å². The Morgan fingerprint density at radius 2 is 2.24 bits per heavy atom. The highest BCUT2D eigenvalue weighted by molar-refractivity contribution is 9.10. The molecular weight excluding hydrogens is 304 g/mol. The van der Waals surface area contributed by atoms with Crippen molar-refractivity contribution in [2.45, 2.75) is 12.5 Å². The Hall–Kier alpha value is -0.810. The molecule has 1 heterocycles. The first-order valence-corrected chi connectivity index (χ1v) is 6.31. The summed E-state index contributed by atoms with van der Waals surface area (Å²) < 4.78 is 6.30. The van der Waals surface area contributed by atoms with Crippen molar-refractivity contribution in [3.8, 4) is 0 Å². The van der Waals surface area contributed by atoms with E-state index in [1.165, 1.54) is 0 Å². The van der Waals surface area contributed by atoms with Gasteiger partial charge in [0.15, 0.2) is 0 Å². The van der Waals surface area contributed by atoms with Crippen molar-refractivity contribution in [2.24, 2.45) is 5.84 Å². The third-order valence-corrected chi connectivity index (χ3v) is 3.38. The summed E-state index contributed by atoms with van der Waals surface area (Å²) in [5.74, 6) is 6.34. The van der Waals surface area contributed by atoms with Crippen LogP contribution >= 0.6 is 27.5 Å². The molecule has 5 heteroatoms. The number of nitrogens with two attached hydrogens (primary N) is 1. The lowest BCUT2D eigenvalue weighted by molar-refractivity contribution is 0.413. The van der Waals surface area contributed by atoms with E-state index in [1.54, 1.807) is 6.26 Å². The van der Waals surface area contributed by atoms with E-state index in [-0.39, 0.29) is 6.04 Å². The van der Waals surface area contributed by atoms with Gasteiger partial charge in [0.05, 0.1) is 16.8 Å². The van der Waals surface area contributed by atoms with Crippen LogP contribution in [0.25, 0.3) is 0 Å². The molecule has 0 aliphatic rings. The topological polar surface area (TPSA) is 51.2 Å². The molecule has 0 aliphatic heterocycles. The fourth-order valence-corrected chi connectivity index (χ4v) is 2.37. The molecule has 3 nitrogen and oxygen atoms in total. The number of hydrogen-bond donors (Lipinski definition) is 2. The highest BCUT2D eigenvalue weighted by atomic mass is 79.9. The second-order valence-electron chi connectivity index (χ2n) is 3.69. The van der Waals surface area contributed by atoms with Crippen LogP contribution in [-0.4, -0.2) is 0 Å². The lowest BCUT2D eigenvalue weighted by atomic mass is 10.0. The highest BCUT2D eigenvalue weighted by Crippen LogP contribution is 2.27. The summed E-state index contributed by atoms with van der Waals surface area (Å²) in [7, 11) is 0. The third-order valence-electron chi connectivity index (χ3n) is 2.49. The second-order valence-corrected chi connectivity index (χ2v) is 4.98. The van der Waals surface area contributed by atoms with Crippen LogP contribution in [0.4, 0.5) is 0 Å². The molecule has 1 aromatic heterocycles. The van der Waals surface area contributed by atoms with Gasteiger partial charge in [-0.3, -0.25) is 5.84 Å². The van der Waals surface area contributed by atoms with E-state index < -0.39 is 0 Å². The van der Waals surface area contributed by atoms with Gasteiger partial charge in [0.1, 0.15) is 5.76 Å². The fraction of sp³-hybridized carbons (Fsp3) is 0.167. The van der Waals surface area contributed by atoms with E-state index in [0.717, 1.165) is 20.8 Å². The third kappa shape index (κ3) is 3.10. The summed E-state index contributed by atoms with van der Waals surface area (Å²) in [5.41, 5.74) is 3.85. The average Bonchev–Trinajstić information content (AvgIpc) is 2.72. The molecule has 0 bridgehead atoms. The molecule has 2 aromatic rings. The van der Waals surface area contributed by atoms with Crippen LogP contribution in [0.1, 0.15) is 17.4 Å². The van der Waals surface area contributed by atoms with Crippen LogP contribution in [0.3, 0.4) is 0 Å². The predicted molar refractivity (Wildman–Crippen MR) is 71.6 cm³/mol. The van der Waals surface area contributed by atoms with Gasteiger partial charge in [-0.05, 0) is 46.1 Å². The molecule has 2 rings (SSSR count). The molecule has 1 aromatic carbocycles. The minimum atomic E-state index is -0.0853. The van der Waals surface area contributed by atoms with Gasteiger partial charge in [0.25, 0.3) is 0 Å². The number of nitrogens with one attached hydrogen (secondary N) is 1. The monoisotopic (exact) mass is 314 g/mol. The van der Waals surface area contributed by atoms with Crippen molar-refractivity contribution in [1.29, 1.82) is 0 Å². The zero-order chi connectivity index (χ0) is 12.3. The molecule has 0 spiro atoms. The summed E-state index contributed by atoms with van der Waals surface area (Å²) in [6.07, 6.45) is 2.34. The summed E-state index contributed by atoms with van der Waals surface area (Å²) in [6, 6.07) is 9.45. The zero-order valence-electron chi connectivity index (χ0n) is 8.99. The van der Waals surface area contributed by atoms with Gasteiger partial charge < -0.3 is 4.42 Å². The highest BCUT2D eigenvalue weighted by Gasteiger charge is 2.17. The summed E-state index contributed by atoms with van der Waals surface area (Å²) in [6.45, 7) is 0. The number of hydrogen-bond acceptors (Lipinski definition) is 3. The number of furan rings is 1. The predicted octanol–water partition coefficient (Wildman–Crippen LogP) is 3.44. The zero-order valence-corrected chi connectivity index (χ0v) is 11.3. The van der Waals surface area contributed by atoms with Gasteiger partial charge in [0.2, 0.25) is 0 Å². The normalized spacial score (nSPS) is 12.6. The Kier molecular flexibility index (Phi) is 4.23. The van der Waals surface area contributed by atoms with Crippen LogP contribution in [0, 0.1) is 0 Å². The smallest absolute Gasteiger partial charge is 0.136 e. The molecule has 0 saturated heterocycles. The number of benzene rings is 1. The van der Waals surface area contributed by atoms with Crippen molar-refractivity contribution >= 4 is 27.5 Å². The van der Waals surface area contributed by atoms with Crippen molar-refractivity contribution in [2.75, 3.05) is 0 Å². The molecule has 0 amide bonds. The molecule has 1 unspecified atom stereocenters. The molecule has 17 heavy (non-hydrogen) atoms. The Balaban J connectivity index is 2.19. The average molecular weight is 316 g/mol. The lowest BCUT2D eigenvalue weighted by Crippen LogP contribution is -2.29. The van der Waals surface area contributed by atoms with Crippen LogP contribution in [0.15, 0.2) is 45.5 Å². The van der Waals surface area contributed by atoms with Crippen molar-refractivity contribution in [3.63, 3.8) is 0 Å². The standard InChI is InChI=1S/C12H12BrClN2O/c13-10-4-5-17-12(10)11(16-15)7-8-2-1-3-9(14)6-8/h1-6,11,16H,7,15H2. The summed E-state index contributed by atoms with van der Waals surface area (Å²) in [4.78, 5) is 0. The number of halogens is 2. The van der Waals surface area contributed by atoms with E-state index in [1.807, 2.05) is 30.3 Å². The molecule has 3 N–H and O–H groups in total. The molecule has 1 atom stereocenters. The van der Waals surface area contributed by atoms with Gasteiger partial charge in [0, 0.05) is 5.02 Å². The van der Waals surface area contributed by atoms with Crippen molar-refractivity contribution in [3.05, 3.63) is 57.4 Å². The maximum Gasteiger partial charge on any atom is 0.136 e. The van der Waals surface area contributed by atoms with Crippen molar-refractivity contribution < 1.29 is 4.42 Å². The largest absolute Gasteiger partial charge is 0.466 e. The van der Waals surface area contributed by atoms with E-state index >= 15 is 0 Å². The number of rotatable bonds is 4. The Labute approximate surface area is 113 Å². The Morgan fingerprint density at radius 3 is 2.82 bits per heavy atom. The Morgan fingerprint density at radius 1 is 1.41 bits per heavy atom. The van der Waals surface area contributed by atoms with Crippen LogP contribution < -0.4 is 11.3 Å². The van der Waals surface area contributed by atoms with Gasteiger partial charge in [-0.2, -0.15) is 0 Å². The second kappa shape index (κ2) is 5.69. The Bertz CT molecular complexity index is 501. The first kappa shape index (κ1) is 12.6. The fourth-order valence-electron chi connectivity index (χ4n) is 1.68. The number of hydrazine groups is 1. The first-order valence-electron chi connectivity index (χ1n) is 5.14. The molecule has 0 radical (unpaired) electrons. The molecular formula is C12H12BrClN2O. The van der Waals surface area contributed by atoms with E-state index in [9.17, 15) is 0 Å². The summed E-state index contributed by atoms with van der Waals surface area (Å²) >= 11 is 9.36. The molecule has 90 valence electrons. The van der Waals surface area contributed by atoms with Crippen molar-refractivity contribution in [1.82, 2.24) is 5.43 Å². The van der Waals surface area contributed by atoms with E-state index in [4.69, 9.17) is 21.9 Å². The molecule has 0 aliphatic carbocycles. The summed E-state index contributed by atoms with van der Waals surface area (Å²) in [5, 5.41) is 0.719. The van der Waals surface area contributed by atoms with Gasteiger partial charge >= 0.3 is 0 Å². The SMILES string of the molecule is NNC(Cc1cccc(Cl)c1)c1occc1Br.